The summed E-state index contributed by atoms with van der Waals surface area (Å²) in [5.41, 5.74) is 5.30. The van der Waals surface area contributed by atoms with Crippen molar-refractivity contribution < 1.29 is 4.79 Å². The van der Waals surface area contributed by atoms with Crippen molar-refractivity contribution in [3.8, 4) is 0 Å². The lowest BCUT2D eigenvalue weighted by Gasteiger charge is -2.10. The molecule has 2 heterocycles. The van der Waals surface area contributed by atoms with Crippen LogP contribution in [0.4, 0.5) is 10.6 Å². The molecule has 5 rings (SSSR count). The van der Waals surface area contributed by atoms with Crippen LogP contribution in [0.1, 0.15) is 11.1 Å². The van der Waals surface area contributed by atoms with E-state index in [0.29, 0.717) is 19.6 Å². The number of fused-ring (bicyclic) bond motifs is 2. The molecule has 0 aliphatic carbocycles. The monoisotopic (exact) mass is 450 g/mol. The van der Waals surface area contributed by atoms with Crippen molar-refractivity contribution in [2.45, 2.75) is 13.1 Å². The van der Waals surface area contributed by atoms with Crippen LogP contribution in [0.3, 0.4) is 0 Å². The highest BCUT2D eigenvalue weighted by Gasteiger charge is 2.04. The van der Waals surface area contributed by atoms with Gasteiger partial charge in [-0.25, -0.2) is 14.8 Å². The Morgan fingerprint density at radius 3 is 2.41 bits per heavy atom. The zero-order chi connectivity index (χ0) is 23.2. The molecule has 0 fully saturated rings. The van der Waals surface area contributed by atoms with Gasteiger partial charge in [0.2, 0.25) is 0 Å². The first-order chi connectivity index (χ1) is 16.7. The van der Waals surface area contributed by atoms with Gasteiger partial charge >= 0.3 is 6.03 Å². The molecule has 0 spiro atoms. The van der Waals surface area contributed by atoms with Crippen molar-refractivity contribution in [1.82, 2.24) is 25.2 Å². The SMILES string of the molecule is O=C(NCCNc1ccc2ccccc2n1)NCc1ccc(Cn2cnc3ccccc32)cc1. The number of benzene rings is 3. The Morgan fingerprint density at radius 2 is 1.53 bits per heavy atom. The highest BCUT2D eigenvalue weighted by molar-refractivity contribution is 5.80. The topological polar surface area (TPSA) is 83.9 Å². The van der Waals surface area contributed by atoms with Crippen LogP contribution in [0.25, 0.3) is 21.9 Å². The molecule has 0 aliphatic rings. The molecule has 0 saturated heterocycles. The van der Waals surface area contributed by atoms with Crippen LogP contribution >= 0.6 is 0 Å². The Morgan fingerprint density at radius 1 is 0.765 bits per heavy atom. The van der Waals surface area contributed by atoms with Crippen molar-refractivity contribution in [2.75, 3.05) is 18.4 Å². The molecule has 0 atom stereocenters. The maximum Gasteiger partial charge on any atom is 0.315 e. The minimum Gasteiger partial charge on any atom is -0.368 e. The molecule has 0 saturated carbocycles. The maximum atomic E-state index is 12.1. The Bertz CT molecular complexity index is 1410. The summed E-state index contributed by atoms with van der Waals surface area (Å²) in [6, 6.07) is 28.2. The fourth-order valence-corrected chi connectivity index (χ4v) is 3.87. The number of nitrogens with zero attached hydrogens (tertiary/aromatic N) is 3. The molecular formula is C27H26N6O. The number of imidazole rings is 1. The molecule has 34 heavy (non-hydrogen) atoms. The number of para-hydroxylation sites is 3. The van der Waals surface area contributed by atoms with Crippen LogP contribution < -0.4 is 16.0 Å². The van der Waals surface area contributed by atoms with Gasteiger partial charge in [-0.2, -0.15) is 0 Å². The average molecular weight is 451 g/mol. The van der Waals surface area contributed by atoms with E-state index in [9.17, 15) is 4.79 Å². The molecule has 2 aromatic heterocycles. The lowest BCUT2D eigenvalue weighted by atomic mass is 10.1. The van der Waals surface area contributed by atoms with E-state index in [-0.39, 0.29) is 6.03 Å². The van der Waals surface area contributed by atoms with E-state index in [2.05, 4.69) is 48.7 Å². The highest BCUT2D eigenvalue weighted by Crippen LogP contribution is 2.15. The first-order valence-electron chi connectivity index (χ1n) is 11.3. The fraction of sp³-hybridized carbons (Fsp3) is 0.148. The van der Waals surface area contributed by atoms with Crippen LogP contribution in [-0.2, 0) is 13.1 Å². The Kier molecular flexibility index (Phi) is 6.34. The van der Waals surface area contributed by atoms with Crippen molar-refractivity contribution in [3.05, 3.63) is 102 Å². The second kappa shape index (κ2) is 10.0. The summed E-state index contributed by atoms with van der Waals surface area (Å²) < 4.78 is 2.14. The van der Waals surface area contributed by atoms with E-state index in [4.69, 9.17) is 0 Å². The standard InChI is InChI=1S/C27H26N6O/c34-27(29-16-15-28-26-14-13-22-5-1-2-6-23(22)32-26)30-17-20-9-11-21(12-10-20)18-33-19-31-24-7-3-4-8-25(24)33/h1-14,19H,15-18H2,(H,28,32)(H2,29,30,34). The number of pyridine rings is 1. The van der Waals surface area contributed by atoms with E-state index in [1.807, 2.05) is 73.1 Å². The van der Waals surface area contributed by atoms with Crippen molar-refractivity contribution in [3.63, 3.8) is 0 Å². The van der Waals surface area contributed by atoms with Crippen LogP contribution in [-0.4, -0.2) is 33.7 Å². The number of carbonyl (C=O) groups excluding carboxylic acids is 1. The molecule has 5 aromatic rings. The molecule has 0 unspecified atom stereocenters. The Labute approximate surface area is 197 Å². The van der Waals surface area contributed by atoms with Crippen molar-refractivity contribution >= 4 is 33.8 Å². The lowest BCUT2D eigenvalue weighted by Crippen LogP contribution is -2.37. The van der Waals surface area contributed by atoms with Gasteiger partial charge in [0, 0.05) is 31.6 Å². The molecule has 0 radical (unpaired) electrons. The van der Waals surface area contributed by atoms with Gasteiger partial charge in [-0.05, 0) is 41.5 Å². The van der Waals surface area contributed by atoms with Gasteiger partial charge in [0.15, 0.2) is 0 Å². The summed E-state index contributed by atoms with van der Waals surface area (Å²) in [4.78, 5) is 21.1. The number of hydrogen-bond donors (Lipinski definition) is 3. The summed E-state index contributed by atoms with van der Waals surface area (Å²) in [5, 5.41) is 10.1. The number of carbonyl (C=O) groups is 1. The predicted molar refractivity (Wildman–Crippen MR) is 136 cm³/mol. The van der Waals surface area contributed by atoms with Crippen LogP contribution in [0, 0.1) is 0 Å². The van der Waals surface area contributed by atoms with Gasteiger partial charge in [-0.15, -0.1) is 0 Å². The van der Waals surface area contributed by atoms with Gasteiger partial charge < -0.3 is 20.5 Å². The van der Waals surface area contributed by atoms with Crippen molar-refractivity contribution in [1.29, 1.82) is 0 Å². The number of amides is 2. The molecule has 0 aliphatic heterocycles. The minimum atomic E-state index is -0.192. The summed E-state index contributed by atoms with van der Waals surface area (Å²) in [5.74, 6) is 0.796. The third-order valence-electron chi connectivity index (χ3n) is 5.67. The summed E-state index contributed by atoms with van der Waals surface area (Å²) in [6.07, 6.45) is 1.87. The molecule has 7 heteroatoms. The third-order valence-corrected chi connectivity index (χ3v) is 5.67. The largest absolute Gasteiger partial charge is 0.368 e. The van der Waals surface area contributed by atoms with E-state index >= 15 is 0 Å². The normalized spacial score (nSPS) is 10.9. The summed E-state index contributed by atoms with van der Waals surface area (Å²) >= 11 is 0. The third kappa shape index (κ3) is 5.15. The van der Waals surface area contributed by atoms with Gasteiger partial charge in [0.05, 0.1) is 22.9 Å². The molecule has 0 bridgehead atoms. The van der Waals surface area contributed by atoms with Crippen LogP contribution in [0.5, 0.6) is 0 Å². The zero-order valence-electron chi connectivity index (χ0n) is 18.7. The fourth-order valence-electron chi connectivity index (χ4n) is 3.87. The van der Waals surface area contributed by atoms with Crippen LogP contribution in [0.15, 0.2) is 91.3 Å². The van der Waals surface area contributed by atoms with Gasteiger partial charge in [-0.3, -0.25) is 0 Å². The molecule has 170 valence electrons. The number of nitrogens with one attached hydrogen (secondary N) is 3. The van der Waals surface area contributed by atoms with E-state index < -0.39 is 0 Å². The first kappa shape index (κ1) is 21.5. The van der Waals surface area contributed by atoms with Gasteiger partial charge in [0.25, 0.3) is 0 Å². The molecule has 2 amide bonds. The van der Waals surface area contributed by atoms with E-state index in [1.165, 1.54) is 5.56 Å². The molecular weight excluding hydrogens is 424 g/mol. The number of aromatic nitrogens is 3. The lowest BCUT2D eigenvalue weighted by molar-refractivity contribution is 0.241. The first-order valence-corrected chi connectivity index (χ1v) is 11.3. The number of hydrogen-bond acceptors (Lipinski definition) is 4. The molecule has 3 N–H and O–H groups in total. The minimum absolute atomic E-state index is 0.192. The van der Waals surface area contributed by atoms with Gasteiger partial charge in [0.1, 0.15) is 5.82 Å². The van der Waals surface area contributed by atoms with Crippen molar-refractivity contribution in [2.24, 2.45) is 0 Å². The van der Waals surface area contributed by atoms with Gasteiger partial charge in [-0.1, -0.05) is 54.6 Å². The number of anilines is 1. The molecule has 3 aromatic carbocycles. The summed E-state index contributed by atoms with van der Waals surface area (Å²) in [7, 11) is 0. The number of rotatable bonds is 8. The number of urea groups is 1. The second-order valence-corrected chi connectivity index (χ2v) is 8.10. The molecule has 7 nitrogen and oxygen atoms in total. The average Bonchev–Trinajstić information content (AvgIpc) is 3.29. The quantitative estimate of drug-likeness (QED) is 0.303. The highest BCUT2D eigenvalue weighted by atomic mass is 16.2. The Balaban J connectivity index is 1.05. The second-order valence-electron chi connectivity index (χ2n) is 8.10. The maximum absolute atomic E-state index is 12.1. The Hall–Kier alpha value is -4.39. The smallest absolute Gasteiger partial charge is 0.315 e. The predicted octanol–water partition coefficient (Wildman–Crippen LogP) is 4.54. The summed E-state index contributed by atoms with van der Waals surface area (Å²) in [6.45, 7) is 2.32. The van der Waals surface area contributed by atoms with E-state index in [1.54, 1.807) is 0 Å². The van der Waals surface area contributed by atoms with Crippen LogP contribution in [0.2, 0.25) is 0 Å². The zero-order valence-corrected chi connectivity index (χ0v) is 18.7. The van der Waals surface area contributed by atoms with E-state index in [0.717, 1.165) is 39.9 Å².